The lowest BCUT2D eigenvalue weighted by molar-refractivity contribution is -0.143. The number of aromatic nitrogens is 1. The number of carbonyl (C=O) groups excluding carboxylic acids is 1. The van der Waals surface area contributed by atoms with Crippen LogP contribution in [0.3, 0.4) is 0 Å². The van der Waals surface area contributed by atoms with Gasteiger partial charge in [0, 0.05) is 10.9 Å². The maximum absolute atomic E-state index is 12.2. The normalized spacial score (nSPS) is 13.3. The molecule has 1 heterocycles. The molecule has 1 aromatic heterocycles. The van der Waals surface area contributed by atoms with E-state index in [0.717, 1.165) is 0 Å². The zero-order valence-corrected chi connectivity index (χ0v) is 16.1. The number of amides is 1. The van der Waals surface area contributed by atoms with E-state index in [1.807, 2.05) is 6.92 Å². The third-order valence-electron chi connectivity index (χ3n) is 3.87. The van der Waals surface area contributed by atoms with Crippen molar-refractivity contribution in [3.63, 3.8) is 0 Å². The highest BCUT2D eigenvalue weighted by Gasteiger charge is 2.25. The number of carboxylic acid groups (broad SMARTS) is 1. The molecule has 1 amide bonds. The Morgan fingerprint density at radius 1 is 1.32 bits per heavy atom. The first-order chi connectivity index (χ1) is 11.8. The van der Waals surface area contributed by atoms with E-state index in [-0.39, 0.29) is 18.2 Å². The third kappa shape index (κ3) is 4.93. The minimum Gasteiger partial charge on any atom is -0.480 e. The molecule has 134 valence electrons. The number of nitrogens with zero attached hydrogens (tertiary/aromatic N) is 1. The Morgan fingerprint density at radius 2 is 1.96 bits per heavy atom. The molecule has 2 rings (SSSR count). The predicted molar refractivity (Wildman–Crippen MR) is 100 cm³/mol. The molecule has 0 spiro atoms. The Balaban J connectivity index is 2.11. The second kappa shape index (κ2) is 8.65. The van der Waals surface area contributed by atoms with Gasteiger partial charge >= 0.3 is 5.97 Å². The van der Waals surface area contributed by atoms with Crippen LogP contribution >= 0.6 is 34.5 Å². The molecule has 0 saturated heterocycles. The SMILES string of the molecule is CC[C@@H](C)[C@H](NC(=O)Cc1csc(-c2c(Cl)cccc2Cl)n1)C(=O)O. The molecule has 5 nitrogen and oxygen atoms in total. The number of halogens is 2. The van der Waals surface area contributed by atoms with Crippen molar-refractivity contribution in [2.24, 2.45) is 5.92 Å². The van der Waals surface area contributed by atoms with E-state index in [9.17, 15) is 14.7 Å². The van der Waals surface area contributed by atoms with E-state index < -0.39 is 12.0 Å². The molecule has 25 heavy (non-hydrogen) atoms. The number of benzene rings is 1. The summed E-state index contributed by atoms with van der Waals surface area (Å²) < 4.78 is 0. The maximum atomic E-state index is 12.2. The summed E-state index contributed by atoms with van der Waals surface area (Å²) in [4.78, 5) is 27.9. The predicted octanol–water partition coefficient (Wildman–Crippen LogP) is 4.27. The van der Waals surface area contributed by atoms with Crippen molar-refractivity contribution in [2.75, 3.05) is 0 Å². The molecular weight excluding hydrogens is 383 g/mol. The lowest BCUT2D eigenvalue weighted by Crippen LogP contribution is -2.45. The maximum Gasteiger partial charge on any atom is 0.326 e. The van der Waals surface area contributed by atoms with Gasteiger partial charge in [0.2, 0.25) is 5.91 Å². The van der Waals surface area contributed by atoms with Crippen molar-refractivity contribution >= 4 is 46.4 Å². The summed E-state index contributed by atoms with van der Waals surface area (Å²) in [6.07, 6.45) is 0.655. The lowest BCUT2D eigenvalue weighted by atomic mass is 9.99. The molecule has 2 N–H and O–H groups in total. The molecular formula is C17H18Cl2N2O3S. The number of carbonyl (C=O) groups is 2. The van der Waals surface area contributed by atoms with Crippen LogP contribution in [0.1, 0.15) is 26.0 Å². The first-order valence-electron chi connectivity index (χ1n) is 7.74. The summed E-state index contributed by atoms with van der Waals surface area (Å²) in [6.45, 7) is 3.67. The van der Waals surface area contributed by atoms with Crippen LogP contribution < -0.4 is 5.32 Å². The summed E-state index contributed by atoms with van der Waals surface area (Å²) in [5.41, 5.74) is 1.17. The Bertz CT molecular complexity index is 759. The van der Waals surface area contributed by atoms with Crippen molar-refractivity contribution in [3.8, 4) is 10.6 Å². The minimum absolute atomic E-state index is 0.00120. The number of carboxylic acids is 1. The highest BCUT2D eigenvalue weighted by molar-refractivity contribution is 7.13. The van der Waals surface area contributed by atoms with Crippen LogP contribution in [0.25, 0.3) is 10.6 Å². The van der Waals surface area contributed by atoms with Gasteiger partial charge in [-0.15, -0.1) is 11.3 Å². The van der Waals surface area contributed by atoms with Gasteiger partial charge in [-0.2, -0.15) is 0 Å². The van der Waals surface area contributed by atoms with Gasteiger partial charge in [0.25, 0.3) is 0 Å². The molecule has 0 aliphatic carbocycles. The number of thiazole rings is 1. The van der Waals surface area contributed by atoms with Crippen molar-refractivity contribution in [3.05, 3.63) is 39.3 Å². The monoisotopic (exact) mass is 400 g/mol. The van der Waals surface area contributed by atoms with Gasteiger partial charge in [-0.05, 0) is 18.1 Å². The van der Waals surface area contributed by atoms with Crippen LogP contribution in [0.5, 0.6) is 0 Å². The van der Waals surface area contributed by atoms with Crippen LogP contribution in [-0.4, -0.2) is 28.0 Å². The summed E-state index contributed by atoms with van der Waals surface area (Å²) >= 11 is 13.7. The molecule has 0 bridgehead atoms. The number of aliphatic carboxylic acids is 1. The van der Waals surface area contributed by atoms with Crippen molar-refractivity contribution in [1.29, 1.82) is 0 Å². The van der Waals surface area contributed by atoms with Crippen LogP contribution in [0.4, 0.5) is 0 Å². The second-order valence-corrected chi connectivity index (χ2v) is 7.36. The summed E-state index contributed by atoms with van der Waals surface area (Å²) in [5.74, 6) is -1.58. The second-order valence-electron chi connectivity index (χ2n) is 5.69. The van der Waals surface area contributed by atoms with Gasteiger partial charge < -0.3 is 10.4 Å². The molecule has 0 aliphatic heterocycles. The Labute approximate surface area is 160 Å². The van der Waals surface area contributed by atoms with Crippen LogP contribution in [0.2, 0.25) is 10.0 Å². The van der Waals surface area contributed by atoms with Gasteiger partial charge in [-0.1, -0.05) is 49.5 Å². The first-order valence-corrected chi connectivity index (χ1v) is 9.38. The van der Waals surface area contributed by atoms with E-state index in [4.69, 9.17) is 23.2 Å². The molecule has 8 heteroatoms. The largest absolute Gasteiger partial charge is 0.480 e. The average Bonchev–Trinajstić information content (AvgIpc) is 2.99. The van der Waals surface area contributed by atoms with E-state index in [0.29, 0.717) is 32.7 Å². The van der Waals surface area contributed by atoms with E-state index in [1.54, 1.807) is 30.5 Å². The smallest absolute Gasteiger partial charge is 0.326 e. The molecule has 0 saturated carbocycles. The lowest BCUT2D eigenvalue weighted by Gasteiger charge is -2.19. The quantitative estimate of drug-likeness (QED) is 0.726. The Hall–Kier alpha value is -1.63. The van der Waals surface area contributed by atoms with Crippen molar-refractivity contribution in [2.45, 2.75) is 32.7 Å². The highest BCUT2D eigenvalue weighted by Crippen LogP contribution is 2.36. The molecule has 0 aliphatic rings. The summed E-state index contributed by atoms with van der Waals surface area (Å²) in [6, 6.07) is 4.28. The number of hydrogen-bond donors (Lipinski definition) is 2. The molecule has 2 atom stereocenters. The fourth-order valence-electron chi connectivity index (χ4n) is 2.28. The van der Waals surface area contributed by atoms with Gasteiger partial charge in [0.05, 0.1) is 22.2 Å². The summed E-state index contributed by atoms with van der Waals surface area (Å²) in [7, 11) is 0. The molecule has 0 unspecified atom stereocenters. The van der Waals surface area contributed by atoms with Crippen LogP contribution in [0, 0.1) is 5.92 Å². The molecule has 2 aromatic rings. The molecule has 0 fully saturated rings. The van der Waals surface area contributed by atoms with Crippen molar-refractivity contribution < 1.29 is 14.7 Å². The minimum atomic E-state index is -1.04. The highest BCUT2D eigenvalue weighted by atomic mass is 35.5. The van der Waals surface area contributed by atoms with Crippen LogP contribution in [-0.2, 0) is 16.0 Å². The van der Waals surface area contributed by atoms with E-state index in [2.05, 4.69) is 10.3 Å². The van der Waals surface area contributed by atoms with Crippen LogP contribution in [0.15, 0.2) is 23.6 Å². The Morgan fingerprint density at radius 3 is 2.52 bits per heavy atom. The first kappa shape index (κ1) is 19.7. The van der Waals surface area contributed by atoms with Gasteiger partial charge in [-0.25, -0.2) is 9.78 Å². The fourth-order valence-corrected chi connectivity index (χ4v) is 3.86. The molecule has 0 radical (unpaired) electrons. The topological polar surface area (TPSA) is 79.3 Å². The van der Waals surface area contributed by atoms with Gasteiger partial charge in [0.1, 0.15) is 11.0 Å². The van der Waals surface area contributed by atoms with E-state index >= 15 is 0 Å². The molecule has 1 aromatic carbocycles. The standard InChI is InChI=1S/C17H18Cl2N2O3S/c1-3-9(2)15(17(23)24)21-13(22)7-10-8-25-16(20-10)14-11(18)5-4-6-12(14)19/h4-6,8-9,15H,3,7H2,1-2H3,(H,21,22)(H,23,24)/t9-,15+/m1/s1. The van der Waals surface area contributed by atoms with E-state index in [1.165, 1.54) is 11.3 Å². The zero-order chi connectivity index (χ0) is 18.6. The zero-order valence-electron chi connectivity index (χ0n) is 13.8. The fraction of sp³-hybridized carbons (Fsp3) is 0.353. The van der Waals surface area contributed by atoms with Gasteiger partial charge in [-0.3, -0.25) is 4.79 Å². The number of hydrogen-bond acceptors (Lipinski definition) is 4. The number of rotatable bonds is 7. The third-order valence-corrected chi connectivity index (χ3v) is 5.40. The average molecular weight is 401 g/mol. The number of nitrogens with one attached hydrogen (secondary N) is 1. The Kier molecular flexibility index (Phi) is 6.81. The van der Waals surface area contributed by atoms with Gasteiger partial charge in [0.15, 0.2) is 0 Å². The summed E-state index contributed by atoms with van der Waals surface area (Å²) in [5, 5.41) is 15.1. The van der Waals surface area contributed by atoms with Crippen molar-refractivity contribution in [1.82, 2.24) is 10.3 Å².